The Morgan fingerprint density at radius 3 is 2.48 bits per heavy atom. The van der Waals surface area contributed by atoms with E-state index in [0.717, 1.165) is 10.3 Å². The molecule has 1 aliphatic rings. The Hall–Kier alpha value is -4.14. The molecule has 1 fully saturated rings. The highest BCUT2D eigenvalue weighted by atomic mass is 16.3. The standard InChI is InChI=1S/C22H20N4O5/c1-22(17-11-14-5-3-4-6-16(14)31-17)20(29)26(21(30)25-22)12-18(27)24-15-9-7-13(8-10-15)19(28)23-2/h3-11H,12H2,1-2H3,(H,23,28)(H,24,27)(H,25,30)/t22-/m0/s1. The Morgan fingerprint density at radius 1 is 1.10 bits per heavy atom. The number of nitrogens with one attached hydrogen (secondary N) is 3. The molecule has 0 bridgehead atoms. The summed E-state index contributed by atoms with van der Waals surface area (Å²) >= 11 is 0. The Bertz CT molecular complexity index is 1170. The summed E-state index contributed by atoms with van der Waals surface area (Å²) in [5.74, 6) is -1.09. The number of benzene rings is 2. The molecular formula is C22H20N4O5. The molecule has 3 aromatic rings. The van der Waals surface area contributed by atoms with Crippen LogP contribution in [0.1, 0.15) is 23.0 Å². The van der Waals surface area contributed by atoms with Gasteiger partial charge in [-0.05, 0) is 43.3 Å². The van der Waals surface area contributed by atoms with Gasteiger partial charge in [-0.2, -0.15) is 0 Å². The second-order valence-corrected chi connectivity index (χ2v) is 7.30. The predicted molar refractivity (Wildman–Crippen MR) is 112 cm³/mol. The molecule has 4 rings (SSSR count). The first-order chi connectivity index (χ1) is 14.8. The van der Waals surface area contributed by atoms with Gasteiger partial charge in [-0.1, -0.05) is 18.2 Å². The summed E-state index contributed by atoms with van der Waals surface area (Å²) in [6.45, 7) is 1.08. The van der Waals surface area contributed by atoms with E-state index in [1.807, 2.05) is 18.2 Å². The van der Waals surface area contributed by atoms with Crippen molar-refractivity contribution >= 4 is 40.4 Å². The fourth-order valence-corrected chi connectivity index (χ4v) is 3.43. The normalized spacial score (nSPS) is 18.2. The minimum absolute atomic E-state index is 0.248. The zero-order valence-corrected chi connectivity index (χ0v) is 16.9. The topological polar surface area (TPSA) is 121 Å². The van der Waals surface area contributed by atoms with Crippen molar-refractivity contribution in [3.8, 4) is 0 Å². The van der Waals surface area contributed by atoms with Gasteiger partial charge < -0.3 is 20.4 Å². The number of hydrogen-bond acceptors (Lipinski definition) is 5. The van der Waals surface area contributed by atoms with Crippen LogP contribution in [0.25, 0.3) is 11.0 Å². The number of fused-ring (bicyclic) bond motifs is 1. The molecule has 1 saturated heterocycles. The van der Waals surface area contributed by atoms with E-state index in [-0.39, 0.29) is 5.91 Å². The van der Waals surface area contributed by atoms with Gasteiger partial charge in [0.25, 0.3) is 11.8 Å². The van der Waals surface area contributed by atoms with Gasteiger partial charge in [0.15, 0.2) is 5.54 Å². The first kappa shape index (κ1) is 20.1. The van der Waals surface area contributed by atoms with Crippen LogP contribution in [0.2, 0.25) is 0 Å². The van der Waals surface area contributed by atoms with Gasteiger partial charge in [-0.15, -0.1) is 0 Å². The number of urea groups is 1. The third kappa shape index (κ3) is 3.61. The van der Waals surface area contributed by atoms with Crippen LogP contribution in [0, 0.1) is 0 Å². The first-order valence-electron chi connectivity index (χ1n) is 9.57. The number of nitrogens with zero attached hydrogens (tertiary/aromatic N) is 1. The maximum Gasteiger partial charge on any atom is 0.325 e. The molecule has 158 valence electrons. The fraction of sp³-hybridized carbons (Fsp3) is 0.182. The van der Waals surface area contributed by atoms with E-state index in [2.05, 4.69) is 16.0 Å². The minimum Gasteiger partial charge on any atom is -0.458 e. The third-order valence-electron chi connectivity index (χ3n) is 5.15. The monoisotopic (exact) mass is 420 g/mol. The van der Waals surface area contributed by atoms with Gasteiger partial charge in [0.05, 0.1) is 0 Å². The summed E-state index contributed by atoms with van der Waals surface area (Å²) in [6, 6.07) is 14.5. The number of imide groups is 1. The smallest absolute Gasteiger partial charge is 0.325 e. The van der Waals surface area contributed by atoms with E-state index >= 15 is 0 Å². The van der Waals surface area contributed by atoms with Crippen LogP contribution in [-0.2, 0) is 15.1 Å². The fourth-order valence-electron chi connectivity index (χ4n) is 3.43. The molecule has 1 aliphatic heterocycles. The zero-order valence-electron chi connectivity index (χ0n) is 16.9. The molecule has 2 aromatic carbocycles. The van der Waals surface area contributed by atoms with Crippen LogP contribution < -0.4 is 16.0 Å². The summed E-state index contributed by atoms with van der Waals surface area (Å²) in [6.07, 6.45) is 0. The second-order valence-electron chi connectivity index (χ2n) is 7.30. The lowest BCUT2D eigenvalue weighted by atomic mass is 9.99. The molecule has 31 heavy (non-hydrogen) atoms. The highest BCUT2D eigenvalue weighted by Crippen LogP contribution is 2.32. The van der Waals surface area contributed by atoms with Gasteiger partial charge >= 0.3 is 6.03 Å². The minimum atomic E-state index is -1.41. The van der Waals surface area contributed by atoms with E-state index in [0.29, 0.717) is 22.6 Å². The Kier molecular flexibility index (Phi) is 4.94. The number of furan rings is 1. The Balaban J connectivity index is 1.47. The Labute approximate surface area is 177 Å². The van der Waals surface area contributed by atoms with Gasteiger partial charge in [-0.3, -0.25) is 19.3 Å². The van der Waals surface area contributed by atoms with Crippen LogP contribution in [0.3, 0.4) is 0 Å². The van der Waals surface area contributed by atoms with Crippen molar-refractivity contribution in [2.75, 3.05) is 18.9 Å². The first-order valence-corrected chi connectivity index (χ1v) is 9.57. The van der Waals surface area contributed by atoms with Crippen molar-refractivity contribution in [3.63, 3.8) is 0 Å². The van der Waals surface area contributed by atoms with Crippen molar-refractivity contribution in [3.05, 3.63) is 65.9 Å². The molecule has 2 heterocycles. The lowest BCUT2D eigenvalue weighted by Crippen LogP contribution is -2.41. The summed E-state index contributed by atoms with van der Waals surface area (Å²) in [5.41, 5.74) is 0.0593. The summed E-state index contributed by atoms with van der Waals surface area (Å²) in [4.78, 5) is 50.3. The third-order valence-corrected chi connectivity index (χ3v) is 5.15. The number of anilines is 1. The molecule has 1 aromatic heterocycles. The van der Waals surface area contributed by atoms with Crippen molar-refractivity contribution in [2.24, 2.45) is 0 Å². The molecule has 9 heteroatoms. The van der Waals surface area contributed by atoms with Gasteiger partial charge in [-0.25, -0.2) is 4.79 Å². The van der Waals surface area contributed by atoms with Crippen LogP contribution in [0.4, 0.5) is 10.5 Å². The SMILES string of the molecule is CNC(=O)c1ccc(NC(=O)CN2C(=O)N[C@@](C)(c3cc4ccccc4o3)C2=O)cc1. The van der Waals surface area contributed by atoms with Crippen molar-refractivity contribution in [2.45, 2.75) is 12.5 Å². The van der Waals surface area contributed by atoms with Gasteiger partial charge in [0, 0.05) is 23.7 Å². The van der Waals surface area contributed by atoms with Gasteiger partial charge in [0.2, 0.25) is 5.91 Å². The average Bonchev–Trinajstić information content (AvgIpc) is 3.29. The number of carbonyl (C=O) groups excluding carboxylic acids is 4. The van der Waals surface area contributed by atoms with E-state index in [1.165, 1.54) is 7.05 Å². The molecule has 0 unspecified atom stereocenters. The molecule has 5 amide bonds. The molecule has 0 radical (unpaired) electrons. The molecule has 9 nitrogen and oxygen atoms in total. The summed E-state index contributed by atoms with van der Waals surface area (Å²) in [5, 5.41) is 8.55. The molecule has 3 N–H and O–H groups in total. The molecule has 0 aliphatic carbocycles. The maximum absolute atomic E-state index is 13.0. The van der Waals surface area contributed by atoms with E-state index < -0.39 is 29.9 Å². The average molecular weight is 420 g/mol. The highest BCUT2D eigenvalue weighted by Gasteiger charge is 2.51. The van der Waals surface area contributed by atoms with Crippen LogP contribution in [-0.4, -0.2) is 42.2 Å². The van der Waals surface area contributed by atoms with Gasteiger partial charge in [0.1, 0.15) is 17.9 Å². The quantitative estimate of drug-likeness (QED) is 0.547. The van der Waals surface area contributed by atoms with Crippen LogP contribution in [0.5, 0.6) is 0 Å². The lowest BCUT2D eigenvalue weighted by Gasteiger charge is -2.18. The maximum atomic E-state index is 13.0. The number of carbonyl (C=O) groups is 4. The van der Waals surface area contributed by atoms with E-state index in [4.69, 9.17) is 4.42 Å². The number of para-hydroxylation sites is 1. The van der Waals surface area contributed by atoms with Crippen LogP contribution in [0.15, 0.2) is 59.0 Å². The molecule has 0 spiro atoms. The predicted octanol–water partition coefficient (Wildman–Crippen LogP) is 2.20. The second kappa shape index (κ2) is 7.60. The van der Waals surface area contributed by atoms with E-state index in [1.54, 1.807) is 43.3 Å². The lowest BCUT2D eigenvalue weighted by molar-refractivity contribution is -0.134. The number of rotatable bonds is 5. The number of amides is 5. The van der Waals surface area contributed by atoms with Crippen molar-refractivity contribution < 1.29 is 23.6 Å². The molecule has 1 atom stereocenters. The summed E-state index contributed by atoms with van der Waals surface area (Å²) < 4.78 is 5.77. The van der Waals surface area contributed by atoms with Crippen molar-refractivity contribution in [1.29, 1.82) is 0 Å². The Morgan fingerprint density at radius 2 is 1.81 bits per heavy atom. The number of hydrogen-bond donors (Lipinski definition) is 3. The highest BCUT2D eigenvalue weighted by molar-refractivity contribution is 6.10. The largest absolute Gasteiger partial charge is 0.458 e. The zero-order chi connectivity index (χ0) is 22.2. The summed E-state index contributed by atoms with van der Waals surface area (Å²) in [7, 11) is 1.52. The van der Waals surface area contributed by atoms with Crippen molar-refractivity contribution in [1.82, 2.24) is 15.5 Å². The van der Waals surface area contributed by atoms with E-state index in [9.17, 15) is 19.2 Å². The molecular weight excluding hydrogens is 400 g/mol. The van der Waals surface area contributed by atoms with Crippen LogP contribution >= 0.6 is 0 Å². The molecule has 0 saturated carbocycles.